The van der Waals surface area contributed by atoms with Crippen molar-refractivity contribution in [1.29, 1.82) is 0 Å². The molecule has 4 heteroatoms. The monoisotopic (exact) mass is 187 g/mol. The van der Waals surface area contributed by atoms with Crippen LogP contribution in [0.3, 0.4) is 0 Å². The van der Waals surface area contributed by atoms with Crippen LogP contribution in [0.4, 0.5) is 0 Å². The number of carbonyl (C=O) groups is 1. The zero-order valence-electron chi connectivity index (χ0n) is 7.71. The van der Waals surface area contributed by atoms with E-state index >= 15 is 0 Å². The minimum atomic E-state index is 0.580. The third kappa shape index (κ3) is 1.31. The van der Waals surface area contributed by atoms with Crippen molar-refractivity contribution in [1.82, 2.24) is 14.8 Å². The zero-order valence-corrected chi connectivity index (χ0v) is 7.71. The average Bonchev–Trinajstić information content (AvgIpc) is 2.61. The molecular weight excluding hydrogens is 178 g/mol. The van der Waals surface area contributed by atoms with E-state index in [2.05, 4.69) is 10.1 Å². The molecule has 0 aliphatic rings. The number of aryl methyl sites for hydroxylation is 1. The molecule has 0 saturated heterocycles. The third-order valence-electron chi connectivity index (χ3n) is 2.09. The summed E-state index contributed by atoms with van der Waals surface area (Å²) in [7, 11) is 1.74. The lowest BCUT2D eigenvalue weighted by molar-refractivity contribution is 0.111. The van der Waals surface area contributed by atoms with Crippen molar-refractivity contribution in [3.05, 3.63) is 36.4 Å². The molecule has 0 aromatic carbocycles. The van der Waals surface area contributed by atoms with Crippen LogP contribution >= 0.6 is 0 Å². The van der Waals surface area contributed by atoms with E-state index in [0.29, 0.717) is 5.69 Å². The summed E-state index contributed by atoms with van der Waals surface area (Å²) in [5, 5.41) is 4.03. The van der Waals surface area contributed by atoms with Crippen LogP contribution in [0.1, 0.15) is 10.5 Å². The highest BCUT2D eigenvalue weighted by molar-refractivity contribution is 5.85. The summed E-state index contributed by atoms with van der Waals surface area (Å²) < 4.78 is 1.56. The van der Waals surface area contributed by atoms with Gasteiger partial charge in [0.1, 0.15) is 5.69 Å². The normalized spacial score (nSPS) is 10.1. The van der Waals surface area contributed by atoms with Gasteiger partial charge in [-0.1, -0.05) is 0 Å². The number of carbonyl (C=O) groups excluding carboxylic acids is 1. The highest BCUT2D eigenvalue weighted by atomic mass is 16.1. The molecule has 2 aromatic heterocycles. The maximum atomic E-state index is 10.8. The summed E-state index contributed by atoms with van der Waals surface area (Å²) in [6, 6.07) is 3.70. The molecule has 14 heavy (non-hydrogen) atoms. The van der Waals surface area contributed by atoms with Gasteiger partial charge in [0.15, 0.2) is 6.29 Å². The van der Waals surface area contributed by atoms with Crippen LogP contribution in [0.2, 0.25) is 0 Å². The van der Waals surface area contributed by atoms with Crippen LogP contribution in [-0.2, 0) is 7.05 Å². The minimum absolute atomic E-state index is 0.580. The predicted molar refractivity (Wildman–Crippen MR) is 51.8 cm³/mol. The molecule has 0 spiro atoms. The fraction of sp³-hybridized carbons (Fsp3) is 0.100. The molecule has 0 N–H and O–H groups in total. The number of rotatable bonds is 2. The van der Waals surface area contributed by atoms with E-state index in [4.69, 9.17) is 0 Å². The van der Waals surface area contributed by atoms with E-state index in [1.807, 2.05) is 12.1 Å². The molecule has 0 atom stereocenters. The van der Waals surface area contributed by atoms with Crippen LogP contribution in [0.5, 0.6) is 0 Å². The number of nitrogens with zero attached hydrogens (tertiary/aromatic N) is 3. The van der Waals surface area contributed by atoms with Crippen LogP contribution in [0.25, 0.3) is 11.1 Å². The first-order valence-electron chi connectivity index (χ1n) is 4.20. The van der Waals surface area contributed by atoms with Crippen molar-refractivity contribution in [2.45, 2.75) is 0 Å². The van der Waals surface area contributed by atoms with Gasteiger partial charge in [-0.2, -0.15) is 5.10 Å². The quantitative estimate of drug-likeness (QED) is 0.665. The van der Waals surface area contributed by atoms with Gasteiger partial charge in [0.2, 0.25) is 0 Å². The molecule has 70 valence electrons. The van der Waals surface area contributed by atoms with E-state index in [-0.39, 0.29) is 0 Å². The summed E-state index contributed by atoms with van der Waals surface area (Å²) in [6.45, 7) is 0. The molecule has 0 saturated carbocycles. The Morgan fingerprint density at radius 3 is 2.71 bits per heavy atom. The van der Waals surface area contributed by atoms with Crippen molar-refractivity contribution in [2.24, 2.45) is 7.05 Å². The molecule has 0 unspecified atom stereocenters. The molecule has 0 aliphatic heterocycles. The van der Waals surface area contributed by atoms with Gasteiger partial charge < -0.3 is 0 Å². The third-order valence-corrected chi connectivity index (χ3v) is 2.09. The van der Waals surface area contributed by atoms with E-state index in [1.54, 1.807) is 30.3 Å². The smallest absolute Gasteiger partial charge is 0.168 e. The number of aldehydes is 1. The van der Waals surface area contributed by atoms with Gasteiger partial charge in [0.05, 0.1) is 6.20 Å². The largest absolute Gasteiger partial charge is 0.296 e. The molecule has 2 aromatic rings. The van der Waals surface area contributed by atoms with Crippen molar-refractivity contribution >= 4 is 6.29 Å². The Balaban J connectivity index is 2.57. The second kappa shape index (κ2) is 3.41. The highest BCUT2D eigenvalue weighted by Gasteiger charge is 2.08. The number of pyridine rings is 1. The van der Waals surface area contributed by atoms with E-state index in [0.717, 1.165) is 17.4 Å². The summed E-state index contributed by atoms with van der Waals surface area (Å²) in [5.41, 5.74) is 2.37. The molecule has 0 amide bonds. The first-order valence-corrected chi connectivity index (χ1v) is 4.20. The van der Waals surface area contributed by atoms with Crippen molar-refractivity contribution in [2.75, 3.05) is 0 Å². The van der Waals surface area contributed by atoms with E-state index in [9.17, 15) is 4.79 Å². The van der Waals surface area contributed by atoms with Crippen molar-refractivity contribution < 1.29 is 4.79 Å². The SMILES string of the molecule is Cn1ncc(-c2ccncc2)c1C=O. The predicted octanol–water partition coefficient (Wildman–Crippen LogP) is 1.29. The molecule has 0 fully saturated rings. The maximum absolute atomic E-state index is 10.8. The van der Waals surface area contributed by atoms with Gasteiger partial charge in [-0.25, -0.2) is 0 Å². The Labute approximate surface area is 81.2 Å². The number of hydrogen-bond donors (Lipinski definition) is 0. The van der Waals surface area contributed by atoms with Crippen LogP contribution in [0, 0.1) is 0 Å². The van der Waals surface area contributed by atoms with Crippen LogP contribution in [0.15, 0.2) is 30.7 Å². The molecule has 0 radical (unpaired) electrons. The summed E-state index contributed by atoms with van der Waals surface area (Å²) in [5.74, 6) is 0. The maximum Gasteiger partial charge on any atom is 0.168 e. The lowest BCUT2D eigenvalue weighted by Gasteiger charge is -1.98. The minimum Gasteiger partial charge on any atom is -0.296 e. The second-order valence-corrected chi connectivity index (χ2v) is 2.92. The van der Waals surface area contributed by atoms with Gasteiger partial charge in [-0.15, -0.1) is 0 Å². The lowest BCUT2D eigenvalue weighted by Crippen LogP contribution is -1.96. The van der Waals surface area contributed by atoms with Crippen LogP contribution < -0.4 is 0 Å². The molecule has 0 aliphatic carbocycles. The fourth-order valence-corrected chi connectivity index (χ4v) is 1.34. The first-order chi connectivity index (χ1) is 6.83. The van der Waals surface area contributed by atoms with E-state index < -0.39 is 0 Å². The lowest BCUT2D eigenvalue weighted by atomic mass is 10.1. The second-order valence-electron chi connectivity index (χ2n) is 2.92. The molecule has 2 heterocycles. The first kappa shape index (κ1) is 8.62. The van der Waals surface area contributed by atoms with Crippen LogP contribution in [-0.4, -0.2) is 21.1 Å². The topological polar surface area (TPSA) is 47.8 Å². The molecule has 2 rings (SSSR count). The highest BCUT2D eigenvalue weighted by Crippen LogP contribution is 2.20. The van der Waals surface area contributed by atoms with Gasteiger partial charge in [0, 0.05) is 25.0 Å². The zero-order chi connectivity index (χ0) is 9.97. The Morgan fingerprint density at radius 1 is 1.36 bits per heavy atom. The molecular formula is C10H9N3O. The average molecular weight is 187 g/mol. The Kier molecular flexibility index (Phi) is 2.10. The Bertz CT molecular complexity index is 448. The van der Waals surface area contributed by atoms with Crippen molar-refractivity contribution in [3.63, 3.8) is 0 Å². The summed E-state index contributed by atoms with van der Waals surface area (Å²) in [4.78, 5) is 14.7. The fourth-order valence-electron chi connectivity index (χ4n) is 1.34. The van der Waals surface area contributed by atoms with Gasteiger partial charge in [-0.05, 0) is 17.7 Å². The Morgan fingerprint density at radius 2 is 2.07 bits per heavy atom. The molecule has 0 bridgehead atoms. The summed E-state index contributed by atoms with van der Waals surface area (Å²) >= 11 is 0. The van der Waals surface area contributed by atoms with E-state index in [1.165, 1.54) is 0 Å². The summed E-state index contributed by atoms with van der Waals surface area (Å²) in [6.07, 6.45) is 5.87. The number of hydrogen-bond acceptors (Lipinski definition) is 3. The standard InChI is InChI=1S/C10H9N3O/c1-13-10(7-14)9(6-12-13)8-2-4-11-5-3-8/h2-7H,1H3. The van der Waals surface area contributed by atoms with Crippen molar-refractivity contribution in [3.8, 4) is 11.1 Å². The number of aromatic nitrogens is 3. The Hall–Kier alpha value is -1.97. The van der Waals surface area contributed by atoms with Gasteiger partial charge in [0.25, 0.3) is 0 Å². The molecule has 4 nitrogen and oxygen atoms in total. The van der Waals surface area contributed by atoms with Gasteiger partial charge in [-0.3, -0.25) is 14.5 Å². The van der Waals surface area contributed by atoms with Gasteiger partial charge >= 0.3 is 0 Å².